The Morgan fingerprint density at radius 3 is 1.29 bits per heavy atom. The zero-order valence-corrected chi connectivity index (χ0v) is 36.4. The number of ether oxygens (including phenoxy) is 3. The smallest absolute Gasteiger partial charge is 0.306 e. The molecule has 0 aliphatic heterocycles. The Morgan fingerprint density at radius 2 is 0.768 bits per heavy atom. The maximum absolute atomic E-state index is 12.7. The minimum absolute atomic E-state index is 0.103. The minimum Gasteiger partial charge on any atom is -0.462 e. The van der Waals surface area contributed by atoms with Crippen LogP contribution >= 0.6 is 0 Å². The monoisotopic (exact) mass is 781 g/mol. The van der Waals surface area contributed by atoms with Gasteiger partial charge < -0.3 is 14.2 Å². The molecule has 0 bridgehead atoms. The molecule has 6 heteroatoms. The normalized spacial score (nSPS) is 12.7. The van der Waals surface area contributed by atoms with E-state index in [4.69, 9.17) is 14.2 Å². The van der Waals surface area contributed by atoms with Crippen LogP contribution < -0.4 is 0 Å². The van der Waals surface area contributed by atoms with Crippen molar-refractivity contribution in [2.75, 3.05) is 13.2 Å². The molecule has 6 nitrogen and oxygen atoms in total. The molecule has 0 saturated heterocycles. The summed E-state index contributed by atoms with van der Waals surface area (Å²) in [6.07, 6.45) is 54.6. The molecule has 0 aromatic carbocycles. The van der Waals surface area contributed by atoms with Crippen LogP contribution in [0, 0.1) is 0 Å². The first kappa shape index (κ1) is 52.9. The third kappa shape index (κ3) is 42.0. The number of unbranched alkanes of at least 4 members (excludes halogenated alkanes) is 18. The molecule has 56 heavy (non-hydrogen) atoms. The van der Waals surface area contributed by atoms with Crippen molar-refractivity contribution in [3.63, 3.8) is 0 Å². The molecule has 0 aromatic heterocycles. The van der Waals surface area contributed by atoms with Crippen LogP contribution in [-0.4, -0.2) is 37.2 Å². The summed E-state index contributed by atoms with van der Waals surface area (Å²) < 4.78 is 16.6. The fourth-order valence-corrected chi connectivity index (χ4v) is 5.96. The molecule has 320 valence electrons. The van der Waals surface area contributed by atoms with Gasteiger partial charge in [-0.3, -0.25) is 14.4 Å². The zero-order valence-electron chi connectivity index (χ0n) is 36.4. The summed E-state index contributed by atoms with van der Waals surface area (Å²) in [6.45, 7) is 6.38. The molecule has 0 N–H and O–H groups in total. The van der Waals surface area contributed by atoms with E-state index in [0.29, 0.717) is 19.3 Å². The average molecular weight is 781 g/mol. The Bertz CT molecular complexity index is 1080. The largest absolute Gasteiger partial charge is 0.462 e. The highest BCUT2D eigenvalue weighted by Crippen LogP contribution is 2.12. The number of allylic oxidation sites excluding steroid dienone is 12. The van der Waals surface area contributed by atoms with Gasteiger partial charge in [0.2, 0.25) is 0 Å². The van der Waals surface area contributed by atoms with Crippen LogP contribution in [0.5, 0.6) is 0 Å². The van der Waals surface area contributed by atoms with Crippen molar-refractivity contribution in [1.29, 1.82) is 0 Å². The van der Waals surface area contributed by atoms with E-state index in [0.717, 1.165) is 116 Å². The summed E-state index contributed by atoms with van der Waals surface area (Å²) in [7, 11) is 0. The van der Waals surface area contributed by atoms with E-state index < -0.39 is 6.10 Å². The maximum atomic E-state index is 12.7. The Labute approximate surface area is 344 Å². The predicted molar refractivity (Wildman–Crippen MR) is 238 cm³/mol. The number of carbonyl (C=O) groups is 3. The van der Waals surface area contributed by atoms with Crippen LogP contribution in [0.2, 0.25) is 0 Å². The van der Waals surface area contributed by atoms with Crippen LogP contribution in [0.25, 0.3) is 0 Å². The minimum atomic E-state index is -0.801. The molecule has 0 radical (unpaired) electrons. The summed E-state index contributed by atoms with van der Waals surface area (Å²) in [6, 6.07) is 0. The van der Waals surface area contributed by atoms with Gasteiger partial charge in [0.25, 0.3) is 0 Å². The average Bonchev–Trinajstić information content (AvgIpc) is 3.19. The van der Waals surface area contributed by atoms with Crippen LogP contribution in [-0.2, 0) is 28.6 Å². The highest BCUT2D eigenvalue weighted by atomic mass is 16.6. The first-order valence-corrected chi connectivity index (χ1v) is 23.0. The molecule has 0 aliphatic carbocycles. The maximum Gasteiger partial charge on any atom is 0.306 e. The first-order chi connectivity index (χ1) is 27.5. The lowest BCUT2D eigenvalue weighted by Crippen LogP contribution is -2.30. The Balaban J connectivity index is 4.48. The molecule has 1 atom stereocenters. The van der Waals surface area contributed by atoms with Crippen LogP contribution in [0.15, 0.2) is 72.9 Å². The van der Waals surface area contributed by atoms with Gasteiger partial charge in [-0.2, -0.15) is 0 Å². The van der Waals surface area contributed by atoms with E-state index in [1.54, 1.807) is 0 Å². The lowest BCUT2D eigenvalue weighted by atomic mass is 10.1. The first-order valence-electron chi connectivity index (χ1n) is 23.0. The van der Waals surface area contributed by atoms with Crippen molar-refractivity contribution in [3.8, 4) is 0 Å². The summed E-state index contributed by atoms with van der Waals surface area (Å²) in [5.74, 6) is -0.974. The van der Waals surface area contributed by atoms with E-state index in [-0.39, 0.29) is 31.1 Å². The molecular formula is C50H84O6. The molecule has 0 rings (SSSR count). The summed E-state index contributed by atoms with van der Waals surface area (Å²) in [4.78, 5) is 37.7. The fraction of sp³-hybridized carbons (Fsp3) is 0.700. The van der Waals surface area contributed by atoms with Crippen molar-refractivity contribution in [2.45, 2.75) is 213 Å². The SMILES string of the molecule is CC/C=C\C/C=C\C/C=C\CCCCCCC(=O)OCC(COC(=O)CCCCC/C=C\C=C/CCCC)OC(=O)CCCCC/C=C\CCCCCCCC. The second-order valence-corrected chi connectivity index (χ2v) is 14.9. The molecule has 0 spiro atoms. The fourth-order valence-electron chi connectivity index (χ4n) is 5.96. The molecule has 0 aromatic rings. The molecule has 0 amide bonds. The summed E-state index contributed by atoms with van der Waals surface area (Å²) in [5.41, 5.74) is 0. The van der Waals surface area contributed by atoms with Gasteiger partial charge in [0.15, 0.2) is 6.10 Å². The summed E-state index contributed by atoms with van der Waals surface area (Å²) >= 11 is 0. The van der Waals surface area contributed by atoms with Crippen LogP contribution in [0.3, 0.4) is 0 Å². The second-order valence-electron chi connectivity index (χ2n) is 14.9. The lowest BCUT2D eigenvalue weighted by Gasteiger charge is -2.18. The van der Waals surface area contributed by atoms with Crippen molar-refractivity contribution in [1.82, 2.24) is 0 Å². The van der Waals surface area contributed by atoms with E-state index in [1.807, 2.05) is 0 Å². The third-order valence-electron chi connectivity index (χ3n) is 9.44. The molecule has 0 aliphatic rings. The zero-order chi connectivity index (χ0) is 40.8. The van der Waals surface area contributed by atoms with E-state index in [2.05, 4.69) is 93.7 Å². The number of hydrogen-bond donors (Lipinski definition) is 0. The van der Waals surface area contributed by atoms with Gasteiger partial charge in [-0.15, -0.1) is 0 Å². The second kappa shape index (κ2) is 44.6. The topological polar surface area (TPSA) is 78.9 Å². The molecule has 0 fully saturated rings. The Hall–Kier alpha value is -3.15. The Kier molecular flexibility index (Phi) is 42.1. The van der Waals surface area contributed by atoms with Gasteiger partial charge in [0.1, 0.15) is 13.2 Å². The van der Waals surface area contributed by atoms with Gasteiger partial charge in [0.05, 0.1) is 0 Å². The Morgan fingerprint density at radius 1 is 0.393 bits per heavy atom. The lowest BCUT2D eigenvalue weighted by molar-refractivity contribution is -0.167. The van der Waals surface area contributed by atoms with Gasteiger partial charge in [-0.05, 0) is 96.3 Å². The van der Waals surface area contributed by atoms with E-state index in [1.165, 1.54) is 51.4 Å². The van der Waals surface area contributed by atoms with Gasteiger partial charge in [-0.25, -0.2) is 0 Å². The standard InChI is InChI=1S/C50H84O6/c1-4-7-10-13-16-19-22-24-26-28-31-34-37-40-43-49(52)55-46-47(45-54-48(51)42-39-36-33-30-27-21-18-15-12-9-6-3)56-50(53)44-41-38-35-32-29-25-23-20-17-14-11-8-5-2/h7,10,15-16,18-19,21,24-27,29,47H,4-6,8-9,11-14,17,20,22-23,28,30-46H2,1-3H3/b10-7-,18-15-,19-16-,26-24-,27-21-,29-25-. The highest BCUT2D eigenvalue weighted by molar-refractivity contribution is 5.71. The number of hydrogen-bond acceptors (Lipinski definition) is 6. The molecule has 1 unspecified atom stereocenters. The predicted octanol–water partition coefficient (Wildman–Crippen LogP) is 14.7. The number of esters is 3. The van der Waals surface area contributed by atoms with Gasteiger partial charge in [0, 0.05) is 19.3 Å². The van der Waals surface area contributed by atoms with Crippen LogP contribution in [0.4, 0.5) is 0 Å². The van der Waals surface area contributed by atoms with Crippen molar-refractivity contribution >= 4 is 17.9 Å². The van der Waals surface area contributed by atoms with Crippen LogP contribution in [0.1, 0.15) is 207 Å². The van der Waals surface area contributed by atoms with E-state index >= 15 is 0 Å². The van der Waals surface area contributed by atoms with Crippen molar-refractivity contribution < 1.29 is 28.6 Å². The van der Waals surface area contributed by atoms with Gasteiger partial charge >= 0.3 is 17.9 Å². The van der Waals surface area contributed by atoms with Crippen molar-refractivity contribution in [2.24, 2.45) is 0 Å². The molecular weight excluding hydrogens is 697 g/mol. The molecule has 0 heterocycles. The van der Waals surface area contributed by atoms with Crippen molar-refractivity contribution in [3.05, 3.63) is 72.9 Å². The highest BCUT2D eigenvalue weighted by Gasteiger charge is 2.19. The number of rotatable bonds is 40. The number of carbonyl (C=O) groups excluding carboxylic acids is 3. The van der Waals surface area contributed by atoms with Gasteiger partial charge in [-0.1, -0.05) is 164 Å². The van der Waals surface area contributed by atoms with E-state index in [9.17, 15) is 14.4 Å². The summed E-state index contributed by atoms with van der Waals surface area (Å²) in [5, 5.41) is 0. The third-order valence-corrected chi connectivity index (χ3v) is 9.44. The quantitative estimate of drug-likeness (QED) is 0.0203. The molecule has 0 saturated carbocycles.